The Morgan fingerprint density at radius 3 is 2.38 bits per heavy atom. The molecule has 2 aromatic carbocycles. The second-order valence-corrected chi connectivity index (χ2v) is 6.93. The lowest BCUT2D eigenvalue weighted by molar-refractivity contribution is -0.137. The smallest absolute Gasteiger partial charge is 0.416 e. The molecule has 0 bridgehead atoms. The largest absolute Gasteiger partial charge is 0.453 e. The van der Waals surface area contributed by atoms with Crippen molar-refractivity contribution < 1.29 is 17.9 Å². The van der Waals surface area contributed by atoms with Gasteiger partial charge in [0, 0.05) is 6.42 Å². The zero-order chi connectivity index (χ0) is 17.8. The minimum atomic E-state index is -4.41. The molecule has 7 heteroatoms. The average Bonchev–Trinajstić information content (AvgIpc) is 2.90. The van der Waals surface area contributed by atoms with E-state index in [-0.39, 0.29) is 17.9 Å². The summed E-state index contributed by atoms with van der Waals surface area (Å²) in [6.45, 7) is 4.05. The number of benzene rings is 2. The monoisotopic (exact) mass is 382 g/mol. The molecule has 0 aliphatic carbocycles. The van der Waals surface area contributed by atoms with Crippen LogP contribution in [0.3, 0.4) is 0 Å². The summed E-state index contributed by atoms with van der Waals surface area (Å²) in [6, 6.07) is 10.9. The molecular formula is C19H18ClF3N2O. The van der Waals surface area contributed by atoms with E-state index in [0.717, 1.165) is 24.4 Å². The van der Waals surface area contributed by atoms with E-state index in [0.29, 0.717) is 29.3 Å². The van der Waals surface area contributed by atoms with Gasteiger partial charge in [0.2, 0.25) is 0 Å². The van der Waals surface area contributed by atoms with Gasteiger partial charge in [-0.2, -0.15) is 13.2 Å². The summed E-state index contributed by atoms with van der Waals surface area (Å²) in [4.78, 5) is 6.54. The van der Waals surface area contributed by atoms with Crippen molar-refractivity contribution in [3.05, 3.63) is 48.0 Å². The molecule has 4 rings (SSSR count). The molecule has 138 valence electrons. The van der Waals surface area contributed by atoms with Gasteiger partial charge in [-0.1, -0.05) is 12.1 Å². The summed E-state index contributed by atoms with van der Waals surface area (Å²) >= 11 is 0. The van der Waals surface area contributed by atoms with Crippen molar-refractivity contribution in [2.45, 2.75) is 38.4 Å². The minimum absolute atomic E-state index is 0. The molecule has 2 heterocycles. The number of rotatable bonds is 0. The number of fused-ring (bicyclic) bond motifs is 2. The molecule has 2 aliphatic rings. The molecule has 0 N–H and O–H groups in total. The summed E-state index contributed by atoms with van der Waals surface area (Å²) < 4.78 is 45.4. The van der Waals surface area contributed by atoms with Crippen LogP contribution in [-0.2, 0) is 6.18 Å². The molecule has 0 spiro atoms. The number of halogens is 4. The third-order valence-corrected chi connectivity index (χ3v) is 4.50. The Kier molecular flexibility index (Phi) is 4.43. The zero-order valence-corrected chi connectivity index (χ0v) is 15.1. The van der Waals surface area contributed by atoms with E-state index < -0.39 is 11.7 Å². The quantitative estimate of drug-likeness (QED) is 0.531. The van der Waals surface area contributed by atoms with Crippen molar-refractivity contribution >= 4 is 29.6 Å². The van der Waals surface area contributed by atoms with E-state index in [4.69, 9.17) is 9.73 Å². The Hall–Kier alpha value is -2.21. The van der Waals surface area contributed by atoms with Crippen LogP contribution in [0.2, 0.25) is 0 Å². The van der Waals surface area contributed by atoms with E-state index in [9.17, 15) is 13.2 Å². The van der Waals surface area contributed by atoms with Crippen molar-refractivity contribution in [1.82, 2.24) is 0 Å². The van der Waals surface area contributed by atoms with Crippen LogP contribution < -0.4 is 9.64 Å². The molecule has 26 heavy (non-hydrogen) atoms. The fourth-order valence-electron chi connectivity index (χ4n) is 3.25. The summed E-state index contributed by atoms with van der Waals surface area (Å²) in [6.07, 6.45) is -2.85. The van der Waals surface area contributed by atoms with Gasteiger partial charge in [0.1, 0.15) is 5.84 Å². The minimum Gasteiger partial charge on any atom is -0.453 e. The number of ether oxygens (including phenoxy) is 1. The predicted molar refractivity (Wildman–Crippen MR) is 98.1 cm³/mol. The van der Waals surface area contributed by atoms with Crippen LogP contribution in [0.25, 0.3) is 0 Å². The molecule has 2 aliphatic heterocycles. The maximum atomic E-state index is 13.2. The molecule has 0 atom stereocenters. The SMILES string of the molecule is CC1(C)CCC(N2c3ccccc3Oc3ccc(C(F)(F)F)cc32)=N1.Cl. The Morgan fingerprint density at radius 1 is 1.04 bits per heavy atom. The third kappa shape index (κ3) is 3.14. The predicted octanol–water partition coefficient (Wildman–Crippen LogP) is 6.34. The average molecular weight is 383 g/mol. The summed E-state index contributed by atoms with van der Waals surface area (Å²) in [5.74, 6) is 1.78. The van der Waals surface area contributed by atoms with Gasteiger partial charge in [-0.15, -0.1) is 12.4 Å². The van der Waals surface area contributed by atoms with Gasteiger partial charge in [0.15, 0.2) is 11.5 Å². The molecule has 0 aromatic heterocycles. The number of aliphatic imine (C=N–C) groups is 1. The highest BCUT2D eigenvalue weighted by Crippen LogP contribution is 2.49. The zero-order valence-electron chi connectivity index (χ0n) is 14.3. The number of amidine groups is 1. The van der Waals surface area contributed by atoms with Gasteiger partial charge in [-0.3, -0.25) is 9.89 Å². The van der Waals surface area contributed by atoms with Crippen molar-refractivity contribution in [2.24, 2.45) is 4.99 Å². The van der Waals surface area contributed by atoms with E-state index >= 15 is 0 Å². The van der Waals surface area contributed by atoms with Crippen LogP contribution in [0.5, 0.6) is 11.5 Å². The standard InChI is InChI=1S/C19H17F3N2O.ClH/c1-18(2)10-9-17(23-18)24-13-5-3-4-6-15(13)25-16-8-7-12(11-14(16)24)19(20,21)22;/h3-8,11H,9-10H2,1-2H3;1H. The van der Waals surface area contributed by atoms with Crippen molar-refractivity contribution in [2.75, 3.05) is 4.90 Å². The lowest BCUT2D eigenvalue weighted by atomic mass is 10.0. The van der Waals surface area contributed by atoms with E-state index in [1.807, 2.05) is 38.1 Å². The van der Waals surface area contributed by atoms with Gasteiger partial charge in [0.25, 0.3) is 0 Å². The van der Waals surface area contributed by atoms with Gasteiger partial charge in [0.05, 0.1) is 22.5 Å². The molecule has 3 nitrogen and oxygen atoms in total. The highest BCUT2D eigenvalue weighted by atomic mass is 35.5. The van der Waals surface area contributed by atoms with E-state index in [1.54, 1.807) is 4.90 Å². The van der Waals surface area contributed by atoms with Gasteiger partial charge in [-0.25, -0.2) is 0 Å². The molecule has 0 saturated heterocycles. The number of para-hydroxylation sites is 2. The van der Waals surface area contributed by atoms with Gasteiger partial charge >= 0.3 is 6.18 Å². The first-order valence-corrected chi connectivity index (χ1v) is 8.12. The number of hydrogen-bond donors (Lipinski definition) is 0. The molecule has 0 amide bonds. The van der Waals surface area contributed by atoms with E-state index in [1.165, 1.54) is 6.07 Å². The fraction of sp³-hybridized carbons (Fsp3) is 0.316. The van der Waals surface area contributed by atoms with Crippen molar-refractivity contribution in [3.63, 3.8) is 0 Å². The van der Waals surface area contributed by atoms with Gasteiger partial charge < -0.3 is 4.74 Å². The maximum absolute atomic E-state index is 13.2. The van der Waals surface area contributed by atoms with Crippen molar-refractivity contribution in [1.29, 1.82) is 0 Å². The van der Waals surface area contributed by atoms with Crippen LogP contribution in [0.4, 0.5) is 24.5 Å². The Bertz CT molecular complexity index is 877. The molecule has 0 radical (unpaired) electrons. The Balaban J connectivity index is 0.00000196. The second-order valence-electron chi connectivity index (χ2n) is 6.93. The summed E-state index contributed by atoms with van der Waals surface area (Å²) in [7, 11) is 0. The third-order valence-electron chi connectivity index (χ3n) is 4.50. The first-order valence-electron chi connectivity index (χ1n) is 8.12. The van der Waals surface area contributed by atoms with Crippen LogP contribution in [0.15, 0.2) is 47.5 Å². The van der Waals surface area contributed by atoms with Crippen molar-refractivity contribution in [3.8, 4) is 11.5 Å². The molecule has 0 unspecified atom stereocenters. The number of alkyl halides is 3. The van der Waals surface area contributed by atoms with E-state index in [2.05, 4.69) is 0 Å². The normalized spacial score (nSPS) is 17.6. The number of anilines is 2. The van der Waals surface area contributed by atoms with Crippen LogP contribution in [0.1, 0.15) is 32.3 Å². The van der Waals surface area contributed by atoms with Crippen LogP contribution in [0, 0.1) is 0 Å². The molecule has 0 saturated carbocycles. The first kappa shape index (κ1) is 18.6. The first-order chi connectivity index (χ1) is 11.7. The van der Waals surface area contributed by atoms with Gasteiger partial charge in [-0.05, 0) is 50.6 Å². The summed E-state index contributed by atoms with van der Waals surface area (Å²) in [5.41, 5.74) is 0.178. The van der Waals surface area contributed by atoms with Crippen LogP contribution >= 0.6 is 12.4 Å². The highest BCUT2D eigenvalue weighted by Gasteiger charge is 2.37. The van der Waals surface area contributed by atoms with Crippen LogP contribution in [-0.4, -0.2) is 11.4 Å². The second kappa shape index (κ2) is 6.20. The Labute approximate surface area is 155 Å². The summed E-state index contributed by atoms with van der Waals surface area (Å²) in [5, 5.41) is 0. The Morgan fingerprint density at radius 2 is 1.73 bits per heavy atom. The maximum Gasteiger partial charge on any atom is 0.416 e. The lowest BCUT2D eigenvalue weighted by Gasteiger charge is -2.33. The molecule has 0 fully saturated rings. The fourth-order valence-corrected chi connectivity index (χ4v) is 3.25. The molecular weight excluding hydrogens is 365 g/mol. The number of hydrogen-bond acceptors (Lipinski definition) is 3. The molecule has 2 aromatic rings. The highest BCUT2D eigenvalue weighted by molar-refractivity contribution is 6.08. The topological polar surface area (TPSA) is 24.8 Å². The lowest BCUT2D eigenvalue weighted by Crippen LogP contribution is -2.28. The number of nitrogens with zero attached hydrogens (tertiary/aromatic N) is 2.